The van der Waals surface area contributed by atoms with E-state index in [1.54, 1.807) is 12.3 Å². The lowest BCUT2D eigenvalue weighted by Crippen LogP contribution is -2.05. The molecule has 0 aliphatic rings. The monoisotopic (exact) mass is 395 g/mol. The van der Waals surface area contributed by atoms with E-state index < -0.39 is 0 Å². The molecule has 0 fully saturated rings. The third-order valence-electron chi connectivity index (χ3n) is 3.54. The Morgan fingerprint density at radius 1 is 0.963 bits per heavy atom. The Kier molecular flexibility index (Phi) is 6.90. The first kappa shape index (κ1) is 19.0. The quantitative estimate of drug-likeness (QED) is 0.330. The van der Waals surface area contributed by atoms with Crippen molar-refractivity contribution >= 4 is 34.7 Å². The topological polar surface area (TPSA) is 60.0 Å². The second-order valence-corrected chi connectivity index (χ2v) is 6.96. The highest BCUT2D eigenvalue weighted by Crippen LogP contribution is 2.28. The number of thioether (sulfide) groups is 1. The van der Waals surface area contributed by atoms with Gasteiger partial charge in [0.05, 0.1) is 11.2 Å². The maximum Gasteiger partial charge on any atom is 0.180 e. The number of hydrogen-bond acceptors (Lipinski definition) is 4. The Morgan fingerprint density at radius 3 is 2.41 bits per heavy atom. The van der Waals surface area contributed by atoms with E-state index in [4.69, 9.17) is 22.1 Å². The number of rotatable bonds is 6. The predicted octanol–water partition coefficient (Wildman–Crippen LogP) is 5.71. The van der Waals surface area contributed by atoms with E-state index in [1.165, 1.54) is 17.3 Å². The first-order chi connectivity index (χ1) is 13.2. The molecule has 0 aliphatic heterocycles. The molecule has 0 spiro atoms. The Balaban J connectivity index is 1.53. The first-order valence-corrected chi connectivity index (χ1v) is 9.63. The Hall–Kier alpha value is -2.76. The van der Waals surface area contributed by atoms with Gasteiger partial charge in [-0.05, 0) is 47.5 Å². The van der Waals surface area contributed by atoms with E-state index >= 15 is 0 Å². The zero-order chi connectivity index (χ0) is 18.9. The van der Waals surface area contributed by atoms with Crippen LogP contribution < -0.4 is 10.5 Å². The minimum absolute atomic E-state index is 0.425. The van der Waals surface area contributed by atoms with Crippen LogP contribution in [0.1, 0.15) is 11.1 Å². The van der Waals surface area contributed by atoms with Crippen LogP contribution in [-0.2, 0) is 5.75 Å². The molecule has 0 atom stereocenters. The number of ether oxygens (including phenoxy) is 1. The fourth-order valence-electron chi connectivity index (χ4n) is 2.19. The van der Waals surface area contributed by atoms with Gasteiger partial charge >= 0.3 is 0 Å². The lowest BCUT2D eigenvalue weighted by molar-refractivity contribution is 0.483. The largest absolute Gasteiger partial charge is 0.456 e. The van der Waals surface area contributed by atoms with Gasteiger partial charge in [-0.15, -0.1) is 5.10 Å². The van der Waals surface area contributed by atoms with Crippen LogP contribution in [0.4, 0.5) is 0 Å². The summed E-state index contributed by atoms with van der Waals surface area (Å²) in [6.45, 7) is 0. The highest BCUT2D eigenvalue weighted by molar-refractivity contribution is 8.13. The zero-order valence-corrected chi connectivity index (χ0v) is 16.0. The second kappa shape index (κ2) is 9.80. The molecular weight excluding hydrogens is 378 g/mol. The molecule has 0 heterocycles. The highest BCUT2D eigenvalue weighted by atomic mass is 35.5. The molecule has 3 aromatic rings. The van der Waals surface area contributed by atoms with Crippen LogP contribution in [0.5, 0.6) is 11.5 Å². The summed E-state index contributed by atoms with van der Waals surface area (Å²) >= 11 is 7.54. The van der Waals surface area contributed by atoms with Crippen LogP contribution in [0, 0.1) is 0 Å². The van der Waals surface area contributed by atoms with Crippen LogP contribution in [0.25, 0.3) is 0 Å². The maximum atomic E-state index is 6.09. The Morgan fingerprint density at radius 2 is 1.67 bits per heavy atom. The molecule has 0 aromatic heterocycles. The third-order valence-corrected chi connectivity index (χ3v) is 4.70. The lowest BCUT2D eigenvalue weighted by Gasteiger charge is -2.07. The van der Waals surface area contributed by atoms with Gasteiger partial charge in [0.1, 0.15) is 11.5 Å². The van der Waals surface area contributed by atoms with Gasteiger partial charge in [-0.25, -0.2) is 0 Å². The van der Waals surface area contributed by atoms with E-state index in [0.717, 1.165) is 11.3 Å². The highest BCUT2D eigenvalue weighted by Gasteiger charge is 2.01. The van der Waals surface area contributed by atoms with Crippen molar-refractivity contribution in [2.75, 3.05) is 0 Å². The summed E-state index contributed by atoms with van der Waals surface area (Å²) in [6, 6.07) is 24.9. The molecule has 3 aromatic carbocycles. The van der Waals surface area contributed by atoms with Crippen LogP contribution in [0.3, 0.4) is 0 Å². The molecule has 27 heavy (non-hydrogen) atoms. The van der Waals surface area contributed by atoms with Gasteiger partial charge < -0.3 is 10.5 Å². The lowest BCUT2D eigenvalue weighted by atomic mass is 10.2. The smallest absolute Gasteiger partial charge is 0.180 e. The number of para-hydroxylation sites is 1. The zero-order valence-electron chi connectivity index (χ0n) is 14.5. The molecule has 0 bridgehead atoms. The van der Waals surface area contributed by atoms with Crippen LogP contribution in [0.15, 0.2) is 89.1 Å². The van der Waals surface area contributed by atoms with Gasteiger partial charge in [-0.2, -0.15) is 5.10 Å². The molecule has 0 saturated carbocycles. The van der Waals surface area contributed by atoms with Gasteiger partial charge in [0.25, 0.3) is 0 Å². The standard InChI is InChI=1S/C21H18ClN3OS/c22-19-8-4-5-9-20(19)26-18-12-10-16(11-13-18)14-24-25-21(23)27-15-17-6-2-1-3-7-17/h1-14H,15H2,(H2,23,25). The number of nitrogens with zero attached hydrogens (tertiary/aromatic N) is 2. The van der Waals surface area contributed by atoms with Gasteiger partial charge in [0.15, 0.2) is 5.17 Å². The average Bonchev–Trinajstić information content (AvgIpc) is 2.70. The van der Waals surface area contributed by atoms with Crippen molar-refractivity contribution in [1.29, 1.82) is 0 Å². The minimum atomic E-state index is 0.425. The Labute approximate surface area is 167 Å². The van der Waals surface area contributed by atoms with E-state index in [-0.39, 0.29) is 0 Å². The molecule has 3 rings (SSSR count). The summed E-state index contributed by atoms with van der Waals surface area (Å²) in [5.74, 6) is 2.08. The molecule has 0 radical (unpaired) electrons. The molecule has 0 aliphatic carbocycles. The summed E-state index contributed by atoms with van der Waals surface area (Å²) < 4.78 is 5.75. The molecule has 4 nitrogen and oxygen atoms in total. The SMILES string of the molecule is NC(=NN=Cc1ccc(Oc2ccccc2Cl)cc1)SCc1ccccc1. The van der Waals surface area contributed by atoms with Crippen molar-refractivity contribution in [2.24, 2.45) is 15.9 Å². The summed E-state index contributed by atoms with van der Waals surface area (Å²) in [7, 11) is 0. The van der Waals surface area contributed by atoms with Gasteiger partial charge in [-0.3, -0.25) is 0 Å². The molecule has 0 unspecified atom stereocenters. The molecule has 0 saturated heterocycles. The fourth-order valence-corrected chi connectivity index (χ4v) is 2.98. The van der Waals surface area contributed by atoms with Crippen molar-refractivity contribution < 1.29 is 4.74 Å². The third kappa shape index (κ3) is 6.16. The van der Waals surface area contributed by atoms with E-state index in [9.17, 15) is 0 Å². The van der Waals surface area contributed by atoms with E-state index in [2.05, 4.69) is 22.3 Å². The summed E-state index contributed by atoms with van der Waals surface area (Å²) in [4.78, 5) is 0. The summed E-state index contributed by atoms with van der Waals surface area (Å²) in [6.07, 6.45) is 1.65. The van der Waals surface area contributed by atoms with Crippen LogP contribution >= 0.6 is 23.4 Å². The molecule has 2 N–H and O–H groups in total. The van der Waals surface area contributed by atoms with Crippen molar-refractivity contribution in [1.82, 2.24) is 0 Å². The van der Waals surface area contributed by atoms with E-state index in [1.807, 2.05) is 60.7 Å². The van der Waals surface area contributed by atoms with Crippen molar-refractivity contribution in [3.05, 3.63) is 95.0 Å². The number of benzene rings is 3. The molecule has 6 heteroatoms. The van der Waals surface area contributed by atoms with Gasteiger partial charge in [0, 0.05) is 5.75 Å². The van der Waals surface area contributed by atoms with Crippen molar-refractivity contribution in [3.8, 4) is 11.5 Å². The van der Waals surface area contributed by atoms with Crippen molar-refractivity contribution in [3.63, 3.8) is 0 Å². The van der Waals surface area contributed by atoms with Gasteiger partial charge in [0.2, 0.25) is 0 Å². The number of hydrogen-bond donors (Lipinski definition) is 1. The van der Waals surface area contributed by atoms with Crippen LogP contribution in [0.2, 0.25) is 5.02 Å². The predicted molar refractivity (Wildman–Crippen MR) is 115 cm³/mol. The second-order valence-electron chi connectivity index (χ2n) is 5.56. The van der Waals surface area contributed by atoms with E-state index in [0.29, 0.717) is 21.7 Å². The number of amidine groups is 1. The molecule has 136 valence electrons. The summed E-state index contributed by atoms with van der Waals surface area (Å²) in [5.41, 5.74) is 7.96. The number of halogens is 1. The van der Waals surface area contributed by atoms with Gasteiger partial charge in [-0.1, -0.05) is 65.8 Å². The van der Waals surface area contributed by atoms with Crippen molar-refractivity contribution in [2.45, 2.75) is 5.75 Å². The Bertz CT molecular complexity index is 928. The minimum Gasteiger partial charge on any atom is -0.456 e. The fraction of sp³-hybridized carbons (Fsp3) is 0.0476. The molecule has 0 amide bonds. The van der Waals surface area contributed by atoms with Crippen LogP contribution in [-0.4, -0.2) is 11.4 Å². The number of nitrogens with two attached hydrogens (primary N) is 1. The first-order valence-electron chi connectivity index (χ1n) is 8.26. The average molecular weight is 396 g/mol. The maximum absolute atomic E-state index is 6.09. The molecular formula is C21H18ClN3OS. The normalized spacial score (nSPS) is 11.7. The summed E-state index contributed by atoms with van der Waals surface area (Å²) in [5, 5.41) is 9.05.